The fraction of sp³-hybridized carbons (Fsp3) is 0.500. The van der Waals surface area contributed by atoms with E-state index in [0.29, 0.717) is 0 Å². The number of nitrogens with one attached hydrogen (secondary N) is 2. The largest absolute Gasteiger partial charge is 0.384 e. The number of piperidine rings is 1. The summed E-state index contributed by atoms with van der Waals surface area (Å²) in [5, 5.41) is 7.00. The van der Waals surface area contributed by atoms with Gasteiger partial charge < -0.3 is 15.4 Å². The molecule has 1 saturated heterocycles. The van der Waals surface area contributed by atoms with Gasteiger partial charge in [-0.05, 0) is 54.0 Å². The summed E-state index contributed by atoms with van der Waals surface area (Å²) in [6.45, 7) is 3.77. The maximum Gasteiger partial charge on any atom is 0.112 e. The Morgan fingerprint density at radius 3 is 2.95 bits per heavy atom. The van der Waals surface area contributed by atoms with Crippen LogP contribution in [-0.2, 0) is 4.74 Å². The summed E-state index contributed by atoms with van der Waals surface area (Å²) >= 11 is 3.44. The van der Waals surface area contributed by atoms with Crippen LogP contribution in [0.1, 0.15) is 12.8 Å². The molecule has 2 aromatic rings. The van der Waals surface area contributed by atoms with Crippen LogP contribution in [0, 0.1) is 5.41 Å². The third-order valence-electron chi connectivity index (χ3n) is 4.31. The number of aromatic nitrogens is 2. The number of pyridine rings is 2. The van der Waals surface area contributed by atoms with Crippen molar-refractivity contribution in [3.63, 3.8) is 0 Å². The molecule has 0 saturated carbocycles. The van der Waals surface area contributed by atoms with Crippen LogP contribution in [0.5, 0.6) is 0 Å². The average molecular weight is 365 g/mol. The van der Waals surface area contributed by atoms with Crippen LogP contribution in [0.4, 0.5) is 5.69 Å². The molecule has 0 bridgehead atoms. The van der Waals surface area contributed by atoms with Crippen molar-refractivity contribution in [2.24, 2.45) is 5.41 Å². The number of anilines is 1. The van der Waals surface area contributed by atoms with Gasteiger partial charge in [-0.2, -0.15) is 0 Å². The van der Waals surface area contributed by atoms with E-state index >= 15 is 0 Å². The summed E-state index contributed by atoms with van der Waals surface area (Å²) in [5.41, 5.74) is 3.02. The topological polar surface area (TPSA) is 59.1 Å². The van der Waals surface area contributed by atoms with Gasteiger partial charge >= 0.3 is 0 Å². The second-order valence-electron chi connectivity index (χ2n) is 5.92. The van der Waals surface area contributed by atoms with Crippen LogP contribution in [0.15, 0.2) is 29.0 Å². The highest BCUT2D eigenvalue weighted by Gasteiger charge is 2.32. The first-order chi connectivity index (χ1) is 10.7. The molecule has 3 rings (SSSR count). The van der Waals surface area contributed by atoms with E-state index in [1.54, 1.807) is 7.11 Å². The standard InChI is InChI=1S/C16H21BrN4O/c1-22-11-16(3-6-18-7-4-16)10-21-13-2-5-19-14-8-12(17)9-20-15(13)14/h2,5,8-9,18H,3-4,6-7,10-11H2,1H3,(H,19,21). The number of nitrogens with zero attached hydrogens (tertiary/aromatic N) is 2. The Morgan fingerprint density at radius 1 is 1.36 bits per heavy atom. The van der Waals surface area contributed by atoms with Gasteiger partial charge in [0.25, 0.3) is 0 Å². The highest BCUT2D eigenvalue weighted by molar-refractivity contribution is 9.10. The zero-order valence-corrected chi connectivity index (χ0v) is 14.3. The quantitative estimate of drug-likeness (QED) is 0.854. The molecule has 1 aliphatic rings. The van der Waals surface area contributed by atoms with E-state index < -0.39 is 0 Å². The number of hydrogen-bond donors (Lipinski definition) is 2. The first-order valence-electron chi connectivity index (χ1n) is 7.56. The molecule has 2 N–H and O–H groups in total. The van der Waals surface area contributed by atoms with Crippen LogP contribution >= 0.6 is 15.9 Å². The maximum atomic E-state index is 5.47. The van der Waals surface area contributed by atoms with Gasteiger partial charge in [-0.25, -0.2) is 0 Å². The Labute approximate surface area is 139 Å². The molecule has 0 amide bonds. The number of methoxy groups -OCH3 is 1. The third kappa shape index (κ3) is 3.39. The third-order valence-corrected chi connectivity index (χ3v) is 4.75. The lowest BCUT2D eigenvalue weighted by molar-refractivity contribution is 0.0636. The first-order valence-corrected chi connectivity index (χ1v) is 8.36. The van der Waals surface area contributed by atoms with Gasteiger partial charge in [0.05, 0.1) is 17.8 Å². The Hall–Kier alpha value is -1.24. The van der Waals surface area contributed by atoms with E-state index in [9.17, 15) is 0 Å². The van der Waals surface area contributed by atoms with E-state index in [1.165, 1.54) is 0 Å². The van der Waals surface area contributed by atoms with Crippen molar-refractivity contribution >= 4 is 32.7 Å². The van der Waals surface area contributed by atoms with E-state index in [-0.39, 0.29) is 5.41 Å². The molecular weight excluding hydrogens is 344 g/mol. The number of hydrogen-bond acceptors (Lipinski definition) is 5. The van der Waals surface area contributed by atoms with Crippen molar-refractivity contribution < 1.29 is 4.74 Å². The summed E-state index contributed by atoms with van der Waals surface area (Å²) in [6.07, 6.45) is 5.88. The van der Waals surface area contributed by atoms with Gasteiger partial charge in [-0.3, -0.25) is 9.97 Å². The number of ether oxygens (including phenoxy) is 1. The zero-order chi connectivity index (χ0) is 15.4. The zero-order valence-electron chi connectivity index (χ0n) is 12.7. The van der Waals surface area contributed by atoms with Crippen LogP contribution in [0.25, 0.3) is 11.0 Å². The fourth-order valence-electron chi connectivity index (χ4n) is 3.07. The average Bonchev–Trinajstić information content (AvgIpc) is 2.54. The minimum absolute atomic E-state index is 0.185. The van der Waals surface area contributed by atoms with Crippen molar-refractivity contribution in [3.05, 3.63) is 29.0 Å². The molecule has 0 radical (unpaired) electrons. The summed E-state index contributed by atoms with van der Waals surface area (Å²) in [5.74, 6) is 0. The molecule has 22 heavy (non-hydrogen) atoms. The molecule has 1 fully saturated rings. The molecule has 1 aliphatic heterocycles. The van der Waals surface area contributed by atoms with Crippen LogP contribution < -0.4 is 10.6 Å². The van der Waals surface area contributed by atoms with Gasteiger partial charge in [0, 0.05) is 35.9 Å². The van der Waals surface area contributed by atoms with Crippen LogP contribution in [0.3, 0.4) is 0 Å². The van der Waals surface area contributed by atoms with Gasteiger partial charge in [0.2, 0.25) is 0 Å². The molecule has 6 heteroatoms. The first kappa shape index (κ1) is 15.6. The van der Waals surface area contributed by atoms with Gasteiger partial charge in [0.15, 0.2) is 0 Å². The lowest BCUT2D eigenvalue weighted by atomic mass is 9.79. The summed E-state index contributed by atoms with van der Waals surface area (Å²) in [6, 6.07) is 3.98. The molecule has 0 atom stereocenters. The smallest absolute Gasteiger partial charge is 0.112 e. The second-order valence-corrected chi connectivity index (χ2v) is 6.83. The maximum absolute atomic E-state index is 5.47. The van der Waals surface area contributed by atoms with Crippen LogP contribution in [-0.4, -0.2) is 43.3 Å². The van der Waals surface area contributed by atoms with E-state index in [4.69, 9.17) is 4.74 Å². The molecule has 2 aromatic heterocycles. The summed E-state index contributed by atoms with van der Waals surface area (Å²) in [4.78, 5) is 8.88. The molecule has 0 aliphatic carbocycles. The van der Waals surface area contributed by atoms with Gasteiger partial charge in [-0.15, -0.1) is 0 Å². The van der Waals surface area contributed by atoms with E-state index in [0.717, 1.165) is 60.3 Å². The van der Waals surface area contributed by atoms with Crippen molar-refractivity contribution in [2.45, 2.75) is 12.8 Å². The molecule has 0 unspecified atom stereocenters. The SMILES string of the molecule is COCC1(CNc2ccnc3cc(Br)cnc23)CCNCC1. The lowest BCUT2D eigenvalue weighted by Gasteiger charge is -2.37. The molecule has 118 valence electrons. The second kappa shape index (κ2) is 6.89. The molecule has 0 aromatic carbocycles. The normalized spacial score (nSPS) is 17.5. The number of fused-ring (bicyclic) bond motifs is 1. The Balaban J connectivity index is 1.80. The van der Waals surface area contributed by atoms with Crippen molar-refractivity contribution in [3.8, 4) is 0 Å². The molecular formula is C16H21BrN4O. The predicted molar refractivity (Wildman–Crippen MR) is 92.1 cm³/mol. The van der Waals surface area contributed by atoms with E-state index in [1.807, 2.05) is 24.5 Å². The minimum Gasteiger partial charge on any atom is -0.384 e. The van der Waals surface area contributed by atoms with Crippen molar-refractivity contribution in [2.75, 3.05) is 38.7 Å². The lowest BCUT2D eigenvalue weighted by Crippen LogP contribution is -2.44. The van der Waals surface area contributed by atoms with Gasteiger partial charge in [-0.1, -0.05) is 0 Å². The van der Waals surface area contributed by atoms with Crippen molar-refractivity contribution in [1.29, 1.82) is 0 Å². The molecule has 5 nitrogen and oxygen atoms in total. The fourth-order valence-corrected chi connectivity index (χ4v) is 3.39. The number of halogens is 1. The summed E-state index contributed by atoms with van der Waals surface area (Å²) < 4.78 is 6.42. The Bertz CT molecular complexity index is 638. The number of rotatable bonds is 5. The van der Waals surface area contributed by atoms with E-state index in [2.05, 4.69) is 36.5 Å². The Morgan fingerprint density at radius 2 is 2.18 bits per heavy atom. The Kier molecular flexibility index (Phi) is 4.90. The summed E-state index contributed by atoms with van der Waals surface area (Å²) in [7, 11) is 1.78. The van der Waals surface area contributed by atoms with Crippen molar-refractivity contribution in [1.82, 2.24) is 15.3 Å². The molecule has 0 spiro atoms. The highest BCUT2D eigenvalue weighted by Crippen LogP contribution is 2.30. The van der Waals surface area contributed by atoms with Gasteiger partial charge in [0.1, 0.15) is 5.52 Å². The predicted octanol–water partition coefficient (Wildman–Crippen LogP) is 2.82. The van der Waals surface area contributed by atoms with Crippen LogP contribution in [0.2, 0.25) is 0 Å². The highest BCUT2D eigenvalue weighted by atomic mass is 79.9. The minimum atomic E-state index is 0.185. The molecule has 3 heterocycles. The monoisotopic (exact) mass is 364 g/mol.